The molecule has 1 fully saturated rings. The van der Waals surface area contributed by atoms with Crippen LogP contribution in [0.2, 0.25) is 0 Å². The lowest BCUT2D eigenvalue weighted by molar-refractivity contribution is -0.141. The highest BCUT2D eigenvalue weighted by molar-refractivity contribution is 5.31. The van der Waals surface area contributed by atoms with Gasteiger partial charge in [-0.2, -0.15) is 13.2 Å². The van der Waals surface area contributed by atoms with Crippen LogP contribution in [0.15, 0.2) is 12.1 Å². The zero-order valence-electron chi connectivity index (χ0n) is 10.6. The minimum atomic E-state index is -4.41. The molecule has 1 heterocycles. The van der Waals surface area contributed by atoms with E-state index in [1.807, 2.05) is 13.8 Å². The lowest BCUT2D eigenvalue weighted by Gasteiger charge is -2.18. The minimum Gasteiger partial charge on any atom is -0.372 e. The van der Waals surface area contributed by atoms with Gasteiger partial charge in [0.1, 0.15) is 11.3 Å². The molecule has 1 saturated carbocycles. The quantitative estimate of drug-likeness (QED) is 0.822. The van der Waals surface area contributed by atoms with Crippen molar-refractivity contribution in [3.63, 3.8) is 0 Å². The second-order valence-corrected chi connectivity index (χ2v) is 5.02. The van der Waals surface area contributed by atoms with Crippen LogP contribution in [0.1, 0.15) is 49.6 Å². The summed E-state index contributed by atoms with van der Waals surface area (Å²) in [6.45, 7) is 3.73. The van der Waals surface area contributed by atoms with Gasteiger partial charge >= 0.3 is 6.18 Å². The van der Waals surface area contributed by atoms with Crippen molar-refractivity contribution in [2.75, 3.05) is 7.11 Å². The average molecular weight is 259 g/mol. The Labute approximate surface area is 104 Å². The van der Waals surface area contributed by atoms with Gasteiger partial charge in [-0.15, -0.1) is 0 Å². The average Bonchev–Trinajstić information content (AvgIpc) is 3.08. The molecule has 18 heavy (non-hydrogen) atoms. The molecule has 0 aliphatic heterocycles. The molecule has 0 spiro atoms. The largest absolute Gasteiger partial charge is 0.433 e. The summed E-state index contributed by atoms with van der Waals surface area (Å²) in [6, 6.07) is 2.86. The number of pyridine rings is 1. The predicted octanol–water partition coefficient (Wildman–Crippen LogP) is 3.86. The van der Waals surface area contributed by atoms with E-state index in [0.717, 1.165) is 18.9 Å². The van der Waals surface area contributed by atoms with E-state index in [0.29, 0.717) is 11.3 Å². The Bertz CT molecular complexity index is 450. The number of rotatable bonds is 3. The van der Waals surface area contributed by atoms with Crippen LogP contribution in [0.3, 0.4) is 0 Å². The molecule has 2 nitrogen and oxygen atoms in total. The molecule has 0 radical (unpaired) electrons. The van der Waals surface area contributed by atoms with Crippen LogP contribution >= 0.6 is 0 Å². The van der Waals surface area contributed by atoms with Crippen molar-refractivity contribution in [2.24, 2.45) is 0 Å². The molecule has 0 bridgehead atoms. The molecule has 1 aromatic heterocycles. The van der Waals surface area contributed by atoms with E-state index in [9.17, 15) is 13.2 Å². The summed E-state index contributed by atoms with van der Waals surface area (Å²) in [5, 5.41) is 0. The highest BCUT2D eigenvalue weighted by Crippen LogP contribution is 2.48. The van der Waals surface area contributed by atoms with Gasteiger partial charge in [-0.3, -0.25) is 0 Å². The van der Waals surface area contributed by atoms with Crippen molar-refractivity contribution < 1.29 is 17.9 Å². The van der Waals surface area contributed by atoms with Gasteiger partial charge in [0.2, 0.25) is 0 Å². The maximum atomic E-state index is 12.8. The van der Waals surface area contributed by atoms with Gasteiger partial charge in [-0.25, -0.2) is 4.98 Å². The molecule has 0 amide bonds. The molecular formula is C13H16F3NO. The summed E-state index contributed by atoms with van der Waals surface area (Å²) < 4.78 is 43.8. The number of alkyl halides is 3. The Balaban J connectivity index is 2.51. The number of methoxy groups -OCH3 is 1. The second kappa shape index (κ2) is 4.23. The number of halogens is 3. The van der Waals surface area contributed by atoms with Crippen LogP contribution in [0, 0.1) is 0 Å². The topological polar surface area (TPSA) is 22.1 Å². The standard InChI is InChI=1S/C13H16F3NO/c1-8(2)9-6-10(12(18-3)4-5-12)17-11(7-9)13(14,15)16/h6-8H,4-5H2,1-3H3. The molecule has 2 rings (SSSR count). The predicted molar refractivity (Wildman–Crippen MR) is 61.2 cm³/mol. The highest BCUT2D eigenvalue weighted by atomic mass is 19.4. The summed E-state index contributed by atoms with van der Waals surface area (Å²) in [7, 11) is 1.52. The molecule has 0 aromatic carbocycles. The Morgan fingerprint density at radius 2 is 1.89 bits per heavy atom. The summed E-state index contributed by atoms with van der Waals surface area (Å²) in [5.74, 6) is 0.0282. The number of hydrogen-bond acceptors (Lipinski definition) is 2. The fourth-order valence-electron chi connectivity index (χ4n) is 1.94. The van der Waals surface area contributed by atoms with Crippen molar-refractivity contribution in [3.05, 3.63) is 29.1 Å². The summed E-state index contributed by atoms with van der Waals surface area (Å²) >= 11 is 0. The molecule has 5 heteroatoms. The van der Waals surface area contributed by atoms with Crippen molar-refractivity contribution in [1.29, 1.82) is 0 Å². The van der Waals surface area contributed by atoms with Gasteiger partial charge < -0.3 is 4.74 Å². The minimum absolute atomic E-state index is 0.0282. The monoisotopic (exact) mass is 259 g/mol. The number of hydrogen-bond donors (Lipinski definition) is 0. The van der Waals surface area contributed by atoms with Crippen molar-refractivity contribution >= 4 is 0 Å². The van der Waals surface area contributed by atoms with Gasteiger partial charge in [0, 0.05) is 7.11 Å². The smallest absolute Gasteiger partial charge is 0.372 e. The third-order valence-electron chi connectivity index (χ3n) is 3.37. The Hall–Kier alpha value is -1.10. The molecule has 0 saturated heterocycles. The molecular weight excluding hydrogens is 243 g/mol. The molecule has 0 unspecified atom stereocenters. The fraction of sp³-hybridized carbons (Fsp3) is 0.615. The number of aromatic nitrogens is 1. The van der Waals surface area contributed by atoms with Crippen molar-refractivity contribution in [3.8, 4) is 0 Å². The van der Waals surface area contributed by atoms with E-state index in [1.165, 1.54) is 7.11 Å². The van der Waals surface area contributed by atoms with E-state index in [1.54, 1.807) is 6.07 Å². The maximum absolute atomic E-state index is 12.8. The van der Waals surface area contributed by atoms with E-state index in [4.69, 9.17) is 4.74 Å². The normalized spacial score (nSPS) is 18.2. The van der Waals surface area contributed by atoms with Gasteiger partial charge in [0.15, 0.2) is 0 Å². The van der Waals surface area contributed by atoms with Gasteiger partial charge in [0.05, 0.1) is 5.69 Å². The maximum Gasteiger partial charge on any atom is 0.433 e. The van der Waals surface area contributed by atoms with Gasteiger partial charge in [-0.05, 0) is 36.5 Å². The van der Waals surface area contributed by atoms with Crippen molar-refractivity contribution in [2.45, 2.75) is 44.4 Å². The number of ether oxygens (including phenoxy) is 1. The fourth-order valence-corrected chi connectivity index (χ4v) is 1.94. The first-order valence-electron chi connectivity index (χ1n) is 5.93. The van der Waals surface area contributed by atoms with E-state index in [-0.39, 0.29) is 5.92 Å². The third kappa shape index (κ3) is 2.36. The Morgan fingerprint density at radius 1 is 1.28 bits per heavy atom. The molecule has 0 N–H and O–H groups in total. The second-order valence-electron chi connectivity index (χ2n) is 5.02. The molecule has 1 aliphatic carbocycles. The number of nitrogens with zero attached hydrogens (tertiary/aromatic N) is 1. The third-order valence-corrected chi connectivity index (χ3v) is 3.37. The summed E-state index contributed by atoms with van der Waals surface area (Å²) in [4.78, 5) is 3.74. The first-order valence-corrected chi connectivity index (χ1v) is 5.93. The molecule has 100 valence electrons. The first kappa shape index (κ1) is 13.3. The van der Waals surface area contributed by atoms with Crippen LogP contribution in [0.4, 0.5) is 13.2 Å². The highest BCUT2D eigenvalue weighted by Gasteiger charge is 2.47. The SMILES string of the molecule is COC1(c2cc(C(C)C)cc(C(F)(F)F)n2)CC1. The zero-order valence-corrected chi connectivity index (χ0v) is 10.6. The van der Waals surface area contributed by atoms with Crippen LogP contribution in [0.25, 0.3) is 0 Å². The van der Waals surface area contributed by atoms with Crippen LogP contribution in [-0.2, 0) is 16.5 Å². The Morgan fingerprint density at radius 3 is 2.28 bits per heavy atom. The first-order chi connectivity index (χ1) is 8.28. The molecule has 0 atom stereocenters. The lowest BCUT2D eigenvalue weighted by Crippen LogP contribution is -2.17. The van der Waals surface area contributed by atoms with Crippen molar-refractivity contribution in [1.82, 2.24) is 4.98 Å². The van der Waals surface area contributed by atoms with E-state index < -0.39 is 17.5 Å². The van der Waals surface area contributed by atoms with Crippen LogP contribution < -0.4 is 0 Å². The molecule has 1 aliphatic rings. The van der Waals surface area contributed by atoms with Crippen LogP contribution in [0.5, 0.6) is 0 Å². The van der Waals surface area contributed by atoms with Crippen LogP contribution in [-0.4, -0.2) is 12.1 Å². The molecule has 1 aromatic rings. The lowest BCUT2D eigenvalue weighted by atomic mass is 10.0. The Kier molecular flexibility index (Phi) is 3.13. The van der Waals surface area contributed by atoms with E-state index >= 15 is 0 Å². The van der Waals surface area contributed by atoms with Gasteiger partial charge in [-0.1, -0.05) is 13.8 Å². The summed E-state index contributed by atoms with van der Waals surface area (Å²) in [5.41, 5.74) is -0.364. The van der Waals surface area contributed by atoms with Gasteiger partial charge in [0.25, 0.3) is 0 Å². The van der Waals surface area contributed by atoms with E-state index in [2.05, 4.69) is 4.98 Å². The zero-order chi connectivity index (χ0) is 13.6. The summed E-state index contributed by atoms with van der Waals surface area (Å²) in [6.07, 6.45) is -2.95.